The summed E-state index contributed by atoms with van der Waals surface area (Å²) in [5, 5.41) is 16.5. The van der Waals surface area contributed by atoms with E-state index < -0.39 is 20.8 Å². The van der Waals surface area contributed by atoms with Crippen molar-refractivity contribution in [1.29, 1.82) is 0 Å². The minimum atomic E-state index is -1.94. The van der Waals surface area contributed by atoms with E-state index in [9.17, 15) is 14.9 Å². The average Bonchev–Trinajstić information content (AvgIpc) is 2.55. The lowest BCUT2D eigenvalue weighted by atomic mass is 10.2. The monoisotopic (exact) mass is 455 g/mol. The molecule has 0 aliphatic rings. The van der Waals surface area contributed by atoms with E-state index >= 15 is 0 Å². The normalized spacial score (nSPS) is 12.3. The third-order valence-corrected chi connectivity index (χ3v) is 4.39. The van der Waals surface area contributed by atoms with Crippen LogP contribution in [-0.2, 0) is 0 Å². The van der Waals surface area contributed by atoms with Crippen LogP contribution in [0.5, 0.6) is 0 Å². The average molecular weight is 458 g/mol. The van der Waals surface area contributed by atoms with Crippen LogP contribution >= 0.6 is 58.0 Å². The van der Waals surface area contributed by atoms with Crippen molar-refractivity contribution in [2.24, 2.45) is 0 Å². The number of benzene rings is 2. The topological polar surface area (TPSA) is 84.3 Å². The predicted molar refractivity (Wildman–Crippen MR) is 105 cm³/mol. The number of hydrogen-bond acceptors (Lipinski definition) is 4. The van der Waals surface area contributed by atoms with Gasteiger partial charge in [0.15, 0.2) is 0 Å². The second-order valence-electron chi connectivity index (χ2n) is 5.02. The minimum absolute atomic E-state index is 0.0270. The van der Waals surface area contributed by atoms with Crippen molar-refractivity contribution in [3.63, 3.8) is 0 Å². The second-order valence-corrected chi connectivity index (χ2v) is 8.23. The number of carbonyl (C=O) groups excluding carboxylic acids is 1. The van der Waals surface area contributed by atoms with E-state index in [-0.39, 0.29) is 16.4 Å². The molecule has 0 saturated heterocycles. The maximum absolute atomic E-state index is 12.3. The number of anilines is 1. The van der Waals surface area contributed by atoms with Gasteiger partial charge in [-0.25, -0.2) is 0 Å². The van der Waals surface area contributed by atoms with Gasteiger partial charge in [-0.3, -0.25) is 14.9 Å². The number of nitro groups is 1. The van der Waals surface area contributed by atoms with Crippen LogP contribution in [0.2, 0.25) is 10.0 Å². The quantitative estimate of drug-likeness (QED) is 0.271. The Kier molecular flexibility index (Phi) is 6.82. The van der Waals surface area contributed by atoms with Crippen molar-refractivity contribution in [3.05, 3.63) is 68.2 Å². The molecule has 6 nitrogen and oxygen atoms in total. The zero-order chi connectivity index (χ0) is 19.5. The van der Waals surface area contributed by atoms with Crippen LogP contribution in [0.4, 0.5) is 11.4 Å². The molecule has 26 heavy (non-hydrogen) atoms. The number of alkyl halides is 3. The van der Waals surface area contributed by atoms with Gasteiger partial charge in [0.2, 0.25) is 3.79 Å². The molecule has 2 aromatic carbocycles. The van der Waals surface area contributed by atoms with E-state index in [4.69, 9.17) is 58.0 Å². The van der Waals surface area contributed by atoms with Crippen molar-refractivity contribution >= 4 is 75.3 Å². The van der Waals surface area contributed by atoms with Gasteiger partial charge in [-0.05, 0) is 30.3 Å². The summed E-state index contributed by atoms with van der Waals surface area (Å²) in [6.07, 6.45) is -1.17. The number of amides is 1. The predicted octanol–water partition coefficient (Wildman–Crippen LogP) is 5.44. The van der Waals surface area contributed by atoms with Crippen molar-refractivity contribution in [2.45, 2.75) is 9.96 Å². The highest BCUT2D eigenvalue weighted by atomic mass is 35.6. The van der Waals surface area contributed by atoms with Crippen LogP contribution in [0.15, 0.2) is 42.5 Å². The molecule has 138 valence electrons. The van der Waals surface area contributed by atoms with Gasteiger partial charge in [-0.2, -0.15) is 0 Å². The Labute approximate surface area is 173 Å². The standard InChI is InChI=1S/C15H10Cl5N3O3/c16-9-3-1-8(2-4-9)13(24)22-14(15(18,19)20)21-12-6-5-10(23(25)26)7-11(12)17/h1-7,14,21H,(H,22,24). The van der Waals surface area contributed by atoms with Crippen molar-refractivity contribution in [3.8, 4) is 0 Å². The Bertz CT molecular complexity index is 824. The summed E-state index contributed by atoms with van der Waals surface area (Å²) in [7, 11) is 0. The summed E-state index contributed by atoms with van der Waals surface area (Å²) in [6, 6.07) is 9.81. The molecular formula is C15H10Cl5N3O3. The van der Waals surface area contributed by atoms with Gasteiger partial charge in [-0.15, -0.1) is 0 Å². The van der Waals surface area contributed by atoms with Gasteiger partial charge in [0.05, 0.1) is 15.6 Å². The summed E-state index contributed by atoms with van der Waals surface area (Å²) in [6.45, 7) is 0. The number of nitrogens with one attached hydrogen (secondary N) is 2. The van der Waals surface area contributed by atoms with E-state index in [2.05, 4.69) is 10.6 Å². The molecule has 0 heterocycles. The Balaban J connectivity index is 2.22. The van der Waals surface area contributed by atoms with Crippen LogP contribution in [0.1, 0.15) is 10.4 Å². The summed E-state index contributed by atoms with van der Waals surface area (Å²) in [5.41, 5.74) is 0.339. The molecule has 1 atom stereocenters. The van der Waals surface area contributed by atoms with Gasteiger partial charge in [-0.1, -0.05) is 58.0 Å². The van der Waals surface area contributed by atoms with E-state index in [0.717, 1.165) is 6.07 Å². The largest absolute Gasteiger partial charge is 0.361 e. The molecule has 1 unspecified atom stereocenters. The fourth-order valence-corrected chi connectivity index (χ4v) is 2.59. The van der Waals surface area contributed by atoms with Crippen LogP contribution in [0.25, 0.3) is 0 Å². The van der Waals surface area contributed by atoms with Gasteiger partial charge in [0.1, 0.15) is 6.17 Å². The van der Waals surface area contributed by atoms with Crippen LogP contribution in [0, 0.1) is 10.1 Å². The fourth-order valence-electron chi connectivity index (χ4n) is 1.91. The van der Waals surface area contributed by atoms with E-state index in [1.54, 1.807) is 12.1 Å². The Morgan fingerprint density at radius 1 is 1.08 bits per heavy atom. The first kappa shape index (κ1) is 20.9. The highest BCUT2D eigenvalue weighted by Crippen LogP contribution is 2.34. The SMILES string of the molecule is O=C(NC(Nc1ccc([N+](=O)[O-])cc1Cl)C(Cl)(Cl)Cl)c1ccc(Cl)cc1. The van der Waals surface area contributed by atoms with Crippen LogP contribution in [-0.4, -0.2) is 20.8 Å². The smallest absolute Gasteiger partial charge is 0.271 e. The second kappa shape index (κ2) is 8.50. The Hall–Kier alpha value is -1.44. The molecule has 1 amide bonds. The van der Waals surface area contributed by atoms with Gasteiger partial charge < -0.3 is 10.6 Å². The number of nitro benzene ring substituents is 1. The molecule has 0 aliphatic heterocycles. The number of hydrogen-bond donors (Lipinski definition) is 2. The van der Waals surface area contributed by atoms with Gasteiger partial charge in [0, 0.05) is 22.7 Å². The highest BCUT2D eigenvalue weighted by Gasteiger charge is 2.34. The van der Waals surface area contributed by atoms with Crippen LogP contribution in [0.3, 0.4) is 0 Å². The molecule has 0 bridgehead atoms. The lowest BCUT2D eigenvalue weighted by molar-refractivity contribution is -0.384. The molecule has 2 N–H and O–H groups in total. The van der Waals surface area contributed by atoms with E-state index in [1.165, 1.54) is 24.3 Å². The molecule has 2 aromatic rings. The van der Waals surface area contributed by atoms with Gasteiger partial charge >= 0.3 is 0 Å². The first-order valence-electron chi connectivity index (χ1n) is 6.91. The first-order valence-corrected chi connectivity index (χ1v) is 8.80. The highest BCUT2D eigenvalue weighted by molar-refractivity contribution is 6.68. The van der Waals surface area contributed by atoms with Crippen molar-refractivity contribution in [2.75, 3.05) is 5.32 Å². The number of non-ortho nitro benzene ring substituents is 1. The zero-order valence-corrected chi connectivity index (χ0v) is 16.5. The molecule has 0 saturated carbocycles. The van der Waals surface area contributed by atoms with Gasteiger partial charge in [0.25, 0.3) is 11.6 Å². The number of nitrogens with zero attached hydrogens (tertiary/aromatic N) is 1. The lowest BCUT2D eigenvalue weighted by Crippen LogP contribution is -2.49. The number of rotatable bonds is 5. The molecule has 0 fully saturated rings. The Morgan fingerprint density at radius 2 is 1.69 bits per heavy atom. The third-order valence-electron chi connectivity index (χ3n) is 3.17. The zero-order valence-electron chi connectivity index (χ0n) is 12.7. The lowest BCUT2D eigenvalue weighted by Gasteiger charge is -2.27. The van der Waals surface area contributed by atoms with E-state index in [0.29, 0.717) is 10.6 Å². The van der Waals surface area contributed by atoms with E-state index in [1.807, 2.05) is 0 Å². The van der Waals surface area contributed by atoms with Crippen molar-refractivity contribution in [1.82, 2.24) is 5.32 Å². The molecule has 0 aliphatic carbocycles. The summed E-state index contributed by atoms with van der Waals surface area (Å²) in [4.78, 5) is 22.5. The minimum Gasteiger partial charge on any atom is -0.361 e. The molecular weight excluding hydrogens is 447 g/mol. The third kappa shape index (κ3) is 5.53. The first-order chi connectivity index (χ1) is 12.1. The molecule has 2 rings (SSSR count). The van der Waals surface area contributed by atoms with Crippen LogP contribution < -0.4 is 10.6 Å². The molecule has 0 aromatic heterocycles. The molecule has 0 radical (unpaired) electrons. The maximum Gasteiger partial charge on any atom is 0.271 e. The van der Waals surface area contributed by atoms with Crippen molar-refractivity contribution < 1.29 is 9.72 Å². The molecule has 0 spiro atoms. The summed E-state index contributed by atoms with van der Waals surface area (Å²) >= 11 is 29.6. The Morgan fingerprint density at radius 3 is 2.19 bits per heavy atom. The maximum atomic E-state index is 12.3. The molecule has 11 heteroatoms. The fraction of sp³-hybridized carbons (Fsp3) is 0.133. The summed E-state index contributed by atoms with van der Waals surface area (Å²) in [5.74, 6) is -0.525. The summed E-state index contributed by atoms with van der Waals surface area (Å²) < 4.78 is -1.94. The number of halogens is 5. The number of carbonyl (C=O) groups is 1.